The van der Waals surface area contributed by atoms with Gasteiger partial charge in [0.15, 0.2) is 5.58 Å². The Kier molecular flexibility index (Phi) is 4.87. The van der Waals surface area contributed by atoms with Gasteiger partial charge < -0.3 is 15.5 Å². The van der Waals surface area contributed by atoms with Crippen LogP contribution >= 0.6 is 0 Å². The highest BCUT2D eigenvalue weighted by Gasteiger charge is 2.34. The third kappa shape index (κ3) is 3.69. The number of hydrazone groups is 1. The molecule has 0 spiro atoms. The molecule has 0 fully saturated rings. The van der Waals surface area contributed by atoms with Crippen molar-refractivity contribution in [1.29, 1.82) is 0 Å². The molecule has 0 saturated carbocycles. The summed E-state index contributed by atoms with van der Waals surface area (Å²) in [6.45, 7) is 0. The number of para-hydroxylation sites is 3. The van der Waals surface area contributed by atoms with Crippen LogP contribution in [-0.4, -0.2) is 28.6 Å². The third-order valence-electron chi connectivity index (χ3n) is 5.21. The number of carbonyl (C=O) groups excluding carboxylic acids is 2. The fraction of sp³-hybridized carbons (Fsp3) is 0.0833. The zero-order valence-corrected chi connectivity index (χ0v) is 16.9. The maximum atomic E-state index is 12.8. The van der Waals surface area contributed by atoms with E-state index in [1.807, 2.05) is 66.7 Å². The van der Waals surface area contributed by atoms with Gasteiger partial charge in [-0.25, -0.2) is 4.98 Å². The van der Waals surface area contributed by atoms with Crippen molar-refractivity contribution in [2.75, 3.05) is 10.3 Å². The lowest BCUT2D eigenvalue weighted by Crippen LogP contribution is -2.39. The first kappa shape index (κ1) is 19.5. The molecular weight excluding hydrogens is 406 g/mol. The highest BCUT2D eigenvalue weighted by atomic mass is 16.3. The van der Waals surface area contributed by atoms with E-state index in [-0.39, 0.29) is 18.0 Å². The summed E-state index contributed by atoms with van der Waals surface area (Å²) in [6, 6.07) is 23.1. The Bertz CT molecular complexity index is 1300. The number of anilines is 2. The molecule has 3 aromatic carbocycles. The molecule has 2 amide bonds. The van der Waals surface area contributed by atoms with Crippen LogP contribution in [0.2, 0.25) is 0 Å². The minimum atomic E-state index is -0.709. The molecule has 1 aromatic heterocycles. The molecule has 0 bridgehead atoms. The van der Waals surface area contributed by atoms with Gasteiger partial charge in [0.25, 0.3) is 5.91 Å². The summed E-state index contributed by atoms with van der Waals surface area (Å²) in [5, 5.41) is 8.67. The van der Waals surface area contributed by atoms with Crippen LogP contribution in [-0.2, 0) is 9.59 Å². The number of hydrogen-bond donors (Lipinski definition) is 2. The van der Waals surface area contributed by atoms with Gasteiger partial charge in [0.05, 0.1) is 5.69 Å². The monoisotopic (exact) mass is 425 g/mol. The number of nitrogens with zero attached hydrogens (tertiary/aromatic N) is 3. The summed E-state index contributed by atoms with van der Waals surface area (Å²) in [5.74, 6) is -0.417. The van der Waals surface area contributed by atoms with Crippen LogP contribution in [0.5, 0.6) is 0 Å². The maximum absolute atomic E-state index is 12.8. The number of aromatic nitrogens is 1. The number of fused-ring (bicyclic) bond motifs is 1. The minimum absolute atomic E-state index is 0.136. The molecule has 2 heterocycles. The second-order valence-corrected chi connectivity index (χ2v) is 7.37. The molecule has 8 heteroatoms. The second kappa shape index (κ2) is 7.99. The van der Waals surface area contributed by atoms with Gasteiger partial charge in [-0.1, -0.05) is 30.3 Å². The van der Waals surface area contributed by atoms with Crippen LogP contribution in [0.15, 0.2) is 88.4 Å². The molecule has 0 saturated heterocycles. The Morgan fingerprint density at radius 1 is 0.969 bits per heavy atom. The topological polar surface area (TPSA) is 114 Å². The van der Waals surface area contributed by atoms with Crippen molar-refractivity contribution in [3.63, 3.8) is 0 Å². The van der Waals surface area contributed by atoms with Crippen LogP contribution in [0, 0.1) is 0 Å². The molecule has 8 nitrogen and oxygen atoms in total. The lowest BCUT2D eigenvalue weighted by atomic mass is 10.1. The lowest BCUT2D eigenvalue weighted by Gasteiger charge is -2.20. The molecule has 5 rings (SSSR count). The number of carbonyl (C=O) groups is 2. The van der Waals surface area contributed by atoms with Gasteiger partial charge in [-0.05, 0) is 48.5 Å². The molecule has 1 unspecified atom stereocenters. The Morgan fingerprint density at radius 3 is 2.41 bits per heavy atom. The van der Waals surface area contributed by atoms with Crippen LogP contribution in [0.4, 0.5) is 11.4 Å². The van der Waals surface area contributed by atoms with Gasteiger partial charge in [0.2, 0.25) is 11.8 Å². The van der Waals surface area contributed by atoms with Crippen molar-refractivity contribution >= 4 is 40.0 Å². The van der Waals surface area contributed by atoms with Crippen LogP contribution in [0.3, 0.4) is 0 Å². The Hall–Kier alpha value is -4.46. The number of nitrogens with two attached hydrogens (primary N) is 1. The minimum Gasteiger partial charge on any atom is -0.436 e. The summed E-state index contributed by atoms with van der Waals surface area (Å²) in [5.41, 5.74) is 9.35. The van der Waals surface area contributed by atoms with E-state index in [9.17, 15) is 9.59 Å². The van der Waals surface area contributed by atoms with Gasteiger partial charge in [-0.3, -0.25) is 14.6 Å². The molecule has 158 valence electrons. The number of rotatable bonds is 5. The van der Waals surface area contributed by atoms with E-state index in [0.717, 1.165) is 11.1 Å². The first-order chi connectivity index (χ1) is 15.6. The smallest absolute Gasteiger partial charge is 0.271 e. The first-order valence-electron chi connectivity index (χ1n) is 10.1. The SMILES string of the molecule is NC(=O)C1CC(C(=O)Nc2ccc(-c3nc4ccccc4o3)cc2)=NN1c1ccccc1. The van der Waals surface area contributed by atoms with Crippen LogP contribution in [0.1, 0.15) is 6.42 Å². The summed E-state index contributed by atoms with van der Waals surface area (Å²) < 4.78 is 5.78. The summed E-state index contributed by atoms with van der Waals surface area (Å²) >= 11 is 0. The van der Waals surface area contributed by atoms with Gasteiger partial charge in [-0.15, -0.1) is 0 Å². The highest BCUT2D eigenvalue weighted by molar-refractivity contribution is 6.44. The van der Waals surface area contributed by atoms with Crippen molar-refractivity contribution in [1.82, 2.24) is 4.98 Å². The zero-order valence-electron chi connectivity index (χ0n) is 16.9. The normalized spacial score (nSPS) is 15.6. The molecular formula is C24H19N5O3. The predicted octanol–water partition coefficient (Wildman–Crippen LogP) is 3.55. The molecule has 4 aromatic rings. The van der Waals surface area contributed by atoms with Crippen molar-refractivity contribution in [2.45, 2.75) is 12.5 Å². The number of hydrogen-bond acceptors (Lipinski definition) is 6. The first-order valence-corrected chi connectivity index (χ1v) is 10.1. The molecule has 0 aliphatic carbocycles. The van der Waals surface area contributed by atoms with Crippen molar-refractivity contribution in [3.8, 4) is 11.5 Å². The van der Waals surface area contributed by atoms with Gasteiger partial charge >= 0.3 is 0 Å². The molecule has 0 radical (unpaired) electrons. The molecule has 1 aliphatic rings. The van der Waals surface area contributed by atoms with Gasteiger partial charge in [-0.2, -0.15) is 5.10 Å². The second-order valence-electron chi connectivity index (χ2n) is 7.37. The van der Waals surface area contributed by atoms with E-state index in [0.29, 0.717) is 22.8 Å². The van der Waals surface area contributed by atoms with E-state index in [2.05, 4.69) is 15.4 Å². The summed E-state index contributed by atoms with van der Waals surface area (Å²) in [7, 11) is 0. The highest BCUT2D eigenvalue weighted by Crippen LogP contribution is 2.27. The average Bonchev–Trinajstić information content (AvgIpc) is 3.45. The number of nitrogens with one attached hydrogen (secondary N) is 1. The van der Waals surface area contributed by atoms with Crippen LogP contribution < -0.4 is 16.1 Å². The number of primary amides is 1. The molecule has 1 atom stereocenters. The third-order valence-corrected chi connectivity index (χ3v) is 5.21. The van der Waals surface area contributed by atoms with Gasteiger partial charge in [0.1, 0.15) is 17.3 Å². The van der Waals surface area contributed by atoms with Crippen molar-refractivity contribution < 1.29 is 14.0 Å². The van der Waals surface area contributed by atoms with E-state index in [1.165, 1.54) is 5.01 Å². The quantitative estimate of drug-likeness (QED) is 0.508. The molecule has 32 heavy (non-hydrogen) atoms. The van der Waals surface area contributed by atoms with E-state index < -0.39 is 11.9 Å². The lowest BCUT2D eigenvalue weighted by molar-refractivity contribution is -0.119. The Labute approximate surface area is 183 Å². The zero-order chi connectivity index (χ0) is 22.1. The largest absolute Gasteiger partial charge is 0.436 e. The number of oxazole rings is 1. The van der Waals surface area contributed by atoms with E-state index in [1.54, 1.807) is 12.1 Å². The van der Waals surface area contributed by atoms with E-state index in [4.69, 9.17) is 10.2 Å². The summed E-state index contributed by atoms with van der Waals surface area (Å²) in [4.78, 5) is 29.2. The average molecular weight is 425 g/mol. The molecule has 3 N–H and O–H groups in total. The standard InChI is InChI=1S/C24H19N5O3/c25-22(30)20-14-19(28-29(20)17-6-2-1-3-7-17)23(31)26-16-12-10-15(11-13-16)24-27-18-8-4-5-9-21(18)32-24/h1-13,20H,14H2,(H2,25,30)(H,26,31). The molecule has 1 aliphatic heterocycles. The fourth-order valence-corrected chi connectivity index (χ4v) is 3.58. The number of benzene rings is 3. The fourth-order valence-electron chi connectivity index (χ4n) is 3.58. The van der Waals surface area contributed by atoms with Crippen molar-refractivity contribution in [2.24, 2.45) is 10.8 Å². The Balaban J connectivity index is 1.33. The predicted molar refractivity (Wildman–Crippen MR) is 122 cm³/mol. The Morgan fingerprint density at radius 2 is 1.69 bits per heavy atom. The van der Waals surface area contributed by atoms with Crippen molar-refractivity contribution in [3.05, 3.63) is 78.9 Å². The number of amides is 2. The van der Waals surface area contributed by atoms with Crippen LogP contribution in [0.25, 0.3) is 22.6 Å². The summed E-state index contributed by atoms with van der Waals surface area (Å²) in [6.07, 6.45) is 0.136. The van der Waals surface area contributed by atoms with E-state index >= 15 is 0 Å². The van der Waals surface area contributed by atoms with Gasteiger partial charge in [0, 0.05) is 17.7 Å². The maximum Gasteiger partial charge on any atom is 0.271 e.